The lowest BCUT2D eigenvalue weighted by Gasteiger charge is -2.25. The van der Waals surface area contributed by atoms with Gasteiger partial charge in [0.25, 0.3) is 5.91 Å². The molecule has 0 radical (unpaired) electrons. The standard InChI is InChI=1S/C22H25N3O2/c1-17(2)25(15-19-6-4-3-5-7-19)16-20-8-9-21(27-20)22(26)24-14-18-10-12-23-13-11-18/h3-13,17H,14-16H2,1-2H3,(H,24,26). The number of hydrogen-bond acceptors (Lipinski definition) is 4. The van der Waals surface area contributed by atoms with E-state index in [4.69, 9.17) is 4.42 Å². The van der Waals surface area contributed by atoms with Gasteiger partial charge >= 0.3 is 0 Å². The van der Waals surface area contributed by atoms with Crippen molar-refractivity contribution >= 4 is 5.91 Å². The van der Waals surface area contributed by atoms with E-state index in [1.54, 1.807) is 18.5 Å². The molecule has 0 aliphatic carbocycles. The summed E-state index contributed by atoms with van der Waals surface area (Å²) in [4.78, 5) is 18.6. The average molecular weight is 363 g/mol. The molecule has 0 saturated heterocycles. The smallest absolute Gasteiger partial charge is 0.287 e. The van der Waals surface area contributed by atoms with Crippen molar-refractivity contribution in [3.8, 4) is 0 Å². The molecule has 0 spiro atoms. The van der Waals surface area contributed by atoms with Gasteiger partial charge in [-0.25, -0.2) is 0 Å². The molecule has 1 N–H and O–H groups in total. The average Bonchev–Trinajstić information content (AvgIpc) is 3.16. The summed E-state index contributed by atoms with van der Waals surface area (Å²) >= 11 is 0. The van der Waals surface area contributed by atoms with Crippen molar-refractivity contribution < 1.29 is 9.21 Å². The third-order valence-corrected chi connectivity index (χ3v) is 4.41. The summed E-state index contributed by atoms with van der Waals surface area (Å²) in [7, 11) is 0. The molecule has 0 aliphatic heterocycles. The Bertz CT molecular complexity index is 844. The SMILES string of the molecule is CC(C)N(Cc1ccccc1)Cc1ccc(C(=O)NCc2ccncc2)o1. The molecule has 27 heavy (non-hydrogen) atoms. The van der Waals surface area contributed by atoms with Gasteiger partial charge in [-0.15, -0.1) is 0 Å². The Labute approximate surface area is 160 Å². The van der Waals surface area contributed by atoms with Crippen molar-refractivity contribution in [3.63, 3.8) is 0 Å². The number of nitrogens with zero attached hydrogens (tertiary/aromatic N) is 2. The molecule has 0 unspecified atom stereocenters. The van der Waals surface area contributed by atoms with Crippen LogP contribution in [0.2, 0.25) is 0 Å². The minimum absolute atomic E-state index is 0.211. The molecule has 0 aliphatic rings. The predicted octanol–water partition coefficient (Wildman–Crippen LogP) is 4.02. The van der Waals surface area contributed by atoms with Crippen molar-refractivity contribution in [2.24, 2.45) is 0 Å². The largest absolute Gasteiger partial charge is 0.455 e. The molecule has 0 fully saturated rings. The number of hydrogen-bond donors (Lipinski definition) is 1. The molecule has 1 amide bonds. The number of benzene rings is 1. The zero-order valence-electron chi connectivity index (χ0n) is 15.8. The Balaban J connectivity index is 1.59. The van der Waals surface area contributed by atoms with Gasteiger partial charge in [-0.2, -0.15) is 0 Å². The van der Waals surface area contributed by atoms with Crippen LogP contribution in [-0.2, 0) is 19.6 Å². The summed E-state index contributed by atoms with van der Waals surface area (Å²) in [6, 6.07) is 18.1. The van der Waals surface area contributed by atoms with Crippen LogP contribution in [0.5, 0.6) is 0 Å². The van der Waals surface area contributed by atoms with E-state index < -0.39 is 0 Å². The summed E-state index contributed by atoms with van der Waals surface area (Å²) < 4.78 is 5.79. The van der Waals surface area contributed by atoms with Crippen LogP contribution in [0.15, 0.2) is 71.4 Å². The first-order valence-corrected chi connectivity index (χ1v) is 9.15. The number of carbonyl (C=O) groups excluding carboxylic acids is 1. The molecule has 3 aromatic rings. The topological polar surface area (TPSA) is 58.4 Å². The number of furan rings is 1. The van der Waals surface area contributed by atoms with Crippen LogP contribution in [0.4, 0.5) is 0 Å². The number of amides is 1. The first-order chi connectivity index (χ1) is 13.1. The second kappa shape index (κ2) is 9.14. The fourth-order valence-electron chi connectivity index (χ4n) is 2.79. The normalized spacial score (nSPS) is 11.1. The minimum Gasteiger partial charge on any atom is -0.455 e. The Morgan fingerprint density at radius 2 is 1.74 bits per heavy atom. The lowest BCUT2D eigenvalue weighted by molar-refractivity contribution is 0.0917. The Morgan fingerprint density at radius 1 is 1.00 bits per heavy atom. The fourth-order valence-corrected chi connectivity index (χ4v) is 2.79. The number of nitrogens with one attached hydrogen (secondary N) is 1. The third-order valence-electron chi connectivity index (χ3n) is 4.41. The van der Waals surface area contributed by atoms with E-state index >= 15 is 0 Å². The highest BCUT2D eigenvalue weighted by atomic mass is 16.4. The van der Waals surface area contributed by atoms with E-state index in [0.717, 1.165) is 17.9 Å². The van der Waals surface area contributed by atoms with Crippen molar-refractivity contribution in [1.29, 1.82) is 0 Å². The Kier molecular flexibility index (Phi) is 6.39. The Hall–Kier alpha value is -2.92. The van der Waals surface area contributed by atoms with Gasteiger partial charge in [-0.1, -0.05) is 30.3 Å². The molecule has 0 saturated carbocycles. The molecule has 2 aromatic heterocycles. The highest BCUT2D eigenvalue weighted by Gasteiger charge is 2.16. The number of aromatic nitrogens is 1. The van der Waals surface area contributed by atoms with Gasteiger partial charge in [0.15, 0.2) is 5.76 Å². The number of pyridine rings is 1. The maximum atomic E-state index is 12.3. The minimum atomic E-state index is -0.211. The fraction of sp³-hybridized carbons (Fsp3) is 0.273. The quantitative estimate of drug-likeness (QED) is 0.657. The van der Waals surface area contributed by atoms with Gasteiger partial charge in [-0.3, -0.25) is 14.7 Å². The molecule has 1 aromatic carbocycles. The molecule has 3 rings (SSSR count). The second-order valence-electron chi connectivity index (χ2n) is 6.79. The van der Waals surface area contributed by atoms with E-state index in [0.29, 0.717) is 24.9 Å². The van der Waals surface area contributed by atoms with E-state index in [9.17, 15) is 4.79 Å². The first kappa shape index (κ1) is 18.9. The highest BCUT2D eigenvalue weighted by Crippen LogP contribution is 2.16. The van der Waals surface area contributed by atoms with Crippen LogP contribution in [0.3, 0.4) is 0 Å². The van der Waals surface area contributed by atoms with Crippen LogP contribution in [0.25, 0.3) is 0 Å². The van der Waals surface area contributed by atoms with E-state index in [1.807, 2.05) is 36.4 Å². The summed E-state index contributed by atoms with van der Waals surface area (Å²) in [5, 5.41) is 2.87. The molecule has 0 bridgehead atoms. The molecule has 5 heteroatoms. The second-order valence-corrected chi connectivity index (χ2v) is 6.79. The summed E-state index contributed by atoms with van der Waals surface area (Å²) in [5.74, 6) is 0.911. The van der Waals surface area contributed by atoms with E-state index in [2.05, 4.69) is 41.2 Å². The van der Waals surface area contributed by atoms with Gasteiger partial charge < -0.3 is 9.73 Å². The summed E-state index contributed by atoms with van der Waals surface area (Å²) in [5.41, 5.74) is 2.26. The van der Waals surface area contributed by atoms with Crippen LogP contribution in [0, 0.1) is 0 Å². The van der Waals surface area contributed by atoms with Crippen molar-refractivity contribution in [1.82, 2.24) is 15.2 Å². The van der Waals surface area contributed by atoms with Gasteiger partial charge in [0, 0.05) is 31.5 Å². The predicted molar refractivity (Wildman–Crippen MR) is 105 cm³/mol. The van der Waals surface area contributed by atoms with Gasteiger partial charge in [0.05, 0.1) is 6.54 Å². The van der Waals surface area contributed by atoms with Gasteiger partial charge in [0.1, 0.15) is 5.76 Å². The van der Waals surface area contributed by atoms with Crippen LogP contribution < -0.4 is 5.32 Å². The van der Waals surface area contributed by atoms with Crippen LogP contribution in [-0.4, -0.2) is 21.8 Å². The maximum absolute atomic E-state index is 12.3. The molecule has 140 valence electrons. The first-order valence-electron chi connectivity index (χ1n) is 9.15. The van der Waals surface area contributed by atoms with Crippen molar-refractivity contribution in [2.75, 3.05) is 0 Å². The lowest BCUT2D eigenvalue weighted by atomic mass is 10.2. The molecule has 5 nitrogen and oxygen atoms in total. The molecule has 2 heterocycles. The molecule has 0 atom stereocenters. The molecular weight excluding hydrogens is 338 g/mol. The monoisotopic (exact) mass is 363 g/mol. The van der Waals surface area contributed by atoms with Crippen molar-refractivity contribution in [3.05, 3.63) is 89.6 Å². The lowest BCUT2D eigenvalue weighted by Crippen LogP contribution is -2.29. The number of rotatable bonds is 8. The molecular formula is C22H25N3O2. The van der Waals surface area contributed by atoms with Crippen molar-refractivity contribution in [2.45, 2.75) is 39.5 Å². The summed E-state index contributed by atoms with van der Waals surface area (Å²) in [6.07, 6.45) is 3.42. The van der Waals surface area contributed by atoms with E-state index in [-0.39, 0.29) is 5.91 Å². The van der Waals surface area contributed by atoms with Gasteiger partial charge in [0.2, 0.25) is 0 Å². The highest BCUT2D eigenvalue weighted by molar-refractivity contribution is 5.91. The zero-order chi connectivity index (χ0) is 19.1. The van der Waals surface area contributed by atoms with Crippen LogP contribution >= 0.6 is 0 Å². The van der Waals surface area contributed by atoms with Crippen LogP contribution in [0.1, 0.15) is 41.3 Å². The Morgan fingerprint density at radius 3 is 2.44 bits per heavy atom. The maximum Gasteiger partial charge on any atom is 0.287 e. The number of carbonyl (C=O) groups is 1. The zero-order valence-corrected chi connectivity index (χ0v) is 15.8. The third kappa shape index (κ3) is 5.53. The van der Waals surface area contributed by atoms with E-state index in [1.165, 1.54) is 5.56 Å². The van der Waals surface area contributed by atoms with Gasteiger partial charge in [-0.05, 0) is 49.2 Å². The summed E-state index contributed by atoms with van der Waals surface area (Å²) in [6.45, 7) is 6.26.